The van der Waals surface area contributed by atoms with Crippen LogP contribution in [0.5, 0.6) is 0 Å². The van der Waals surface area contributed by atoms with Gasteiger partial charge in [-0.3, -0.25) is 0 Å². The summed E-state index contributed by atoms with van der Waals surface area (Å²) < 4.78 is 0. The molecular weight excluding hydrogens is 70.9 g/mol. The van der Waals surface area contributed by atoms with Crippen LogP contribution in [0.4, 0.5) is 0 Å². The Morgan fingerprint density at radius 3 is 2.33 bits per heavy atom. The van der Waals surface area contributed by atoms with Crippen molar-refractivity contribution in [3.05, 3.63) is 0 Å². The molecule has 0 radical (unpaired) electrons. The van der Waals surface area contributed by atoms with E-state index in [1.54, 1.807) is 0 Å². The Labute approximate surface area is 40.6 Å². The summed E-state index contributed by atoms with van der Waals surface area (Å²) in [6, 6.07) is 0. The van der Waals surface area contributed by atoms with E-state index >= 15 is 0 Å². The third kappa shape index (κ3) is 2.19. The predicted octanol–water partition coefficient (Wildman–Crippen LogP) is 0.736. The fraction of sp³-hybridized carbons (Fsp3) is 0.800. The minimum absolute atomic E-state index is 0.699. The average molecular weight is 82.0 g/mol. The van der Waals surface area contributed by atoms with E-state index in [0.717, 1.165) is 0 Å². The van der Waals surface area contributed by atoms with E-state index < -0.39 is 0 Å². The van der Waals surface area contributed by atoms with Gasteiger partial charge in [0.25, 0.3) is 0 Å². The van der Waals surface area contributed by atoms with Gasteiger partial charge in [-0.15, -0.1) is 0 Å². The van der Waals surface area contributed by atoms with Gasteiger partial charge < -0.3 is 0 Å². The maximum atomic E-state index is 3.63. The summed E-state index contributed by atoms with van der Waals surface area (Å²) >= 11 is 0. The molecule has 0 nitrogen and oxygen atoms in total. The van der Waals surface area contributed by atoms with Crippen LogP contribution in [0, 0.1) is 5.92 Å². The minimum atomic E-state index is 0.699. The Kier molecular flexibility index (Phi) is 3.10. The quantitative estimate of drug-likeness (QED) is 0.431. The van der Waals surface area contributed by atoms with Crippen molar-refractivity contribution >= 4 is 13.5 Å². The number of hydrogen-bond donors (Lipinski definition) is 0. The van der Waals surface area contributed by atoms with Gasteiger partial charge >= 0.3 is 39.6 Å². The van der Waals surface area contributed by atoms with Gasteiger partial charge in [0.2, 0.25) is 0 Å². The van der Waals surface area contributed by atoms with E-state index in [1.807, 2.05) is 5.97 Å². The van der Waals surface area contributed by atoms with Crippen LogP contribution in [0.2, 0.25) is 0 Å². The first-order valence-corrected chi connectivity index (χ1v) is 2.43. The Morgan fingerprint density at radius 2 is 2.33 bits per heavy atom. The van der Waals surface area contributed by atoms with Gasteiger partial charge in [-0.05, 0) is 0 Å². The summed E-state index contributed by atoms with van der Waals surface area (Å²) in [4.78, 5) is 0. The molecule has 0 aromatic heterocycles. The van der Waals surface area contributed by atoms with Crippen LogP contribution in [-0.2, 0) is 0 Å². The topological polar surface area (TPSA) is 0 Å². The van der Waals surface area contributed by atoms with Gasteiger partial charge in [0.15, 0.2) is 0 Å². The van der Waals surface area contributed by atoms with Gasteiger partial charge in [0, 0.05) is 0 Å². The van der Waals surface area contributed by atoms with Crippen LogP contribution in [0.3, 0.4) is 0 Å². The molecule has 0 aromatic rings. The molecule has 34 valence electrons. The van der Waals surface area contributed by atoms with Crippen LogP contribution in [-0.4, -0.2) is 13.5 Å². The molecule has 0 spiro atoms. The van der Waals surface area contributed by atoms with E-state index in [4.69, 9.17) is 0 Å². The van der Waals surface area contributed by atoms with Gasteiger partial charge in [0.05, 0.1) is 0 Å². The molecule has 0 amide bonds. The van der Waals surface area contributed by atoms with E-state index in [2.05, 4.69) is 21.3 Å². The summed E-state index contributed by atoms with van der Waals surface area (Å²) in [6.45, 7) is 4.32. The second kappa shape index (κ2) is 3.14. The monoisotopic (exact) mass is 82.1 g/mol. The Hall–Kier alpha value is -0.0651. The molecular formula is C5H11B. The predicted molar refractivity (Wildman–Crippen MR) is 32.7 cm³/mol. The fourth-order valence-corrected chi connectivity index (χ4v) is 0.167. The molecule has 0 bridgehead atoms. The molecule has 0 saturated heterocycles. The molecule has 6 heavy (non-hydrogen) atoms. The SMILES string of the molecule is B=CC(C)CC. The van der Waals surface area contributed by atoms with Crippen molar-refractivity contribution in [1.82, 2.24) is 0 Å². The maximum absolute atomic E-state index is 3.63. The Morgan fingerprint density at radius 1 is 1.83 bits per heavy atom. The second-order valence-electron chi connectivity index (χ2n) is 1.62. The van der Waals surface area contributed by atoms with Gasteiger partial charge in [-0.25, -0.2) is 0 Å². The molecule has 0 N–H and O–H groups in total. The molecule has 0 saturated carbocycles. The zero-order valence-electron chi connectivity index (χ0n) is 4.57. The summed E-state index contributed by atoms with van der Waals surface area (Å²) in [7, 11) is 3.63. The van der Waals surface area contributed by atoms with Crippen molar-refractivity contribution in [1.29, 1.82) is 0 Å². The van der Waals surface area contributed by atoms with Gasteiger partial charge in [-0.2, -0.15) is 0 Å². The summed E-state index contributed by atoms with van der Waals surface area (Å²) in [6.07, 6.45) is 1.21. The van der Waals surface area contributed by atoms with Crippen LogP contribution >= 0.6 is 0 Å². The average Bonchev–Trinajstić information content (AvgIpc) is 1.65. The van der Waals surface area contributed by atoms with Crippen LogP contribution in [0.1, 0.15) is 20.3 Å². The van der Waals surface area contributed by atoms with Gasteiger partial charge in [-0.1, -0.05) is 0 Å². The molecule has 1 heteroatoms. The van der Waals surface area contributed by atoms with E-state index in [9.17, 15) is 0 Å². The second-order valence-corrected chi connectivity index (χ2v) is 1.62. The molecule has 0 aliphatic rings. The first kappa shape index (κ1) is 5.93. The van der Waals surface area contributed by atoms with Crippen molar-refractivity contribution in [2.45, 2.75) is 20.3 Å². The molecule has 1 atom stereocenters. The normalized spacial score (nSPS) is 13.5. The number of hydrogen-bond acceptors (Lipinski definition) is 0. The van der Waals surface area contributed by atoms with Gasteiger partial charge in [0.1, 0.15) is 0 Å². The standard InChI is InChI=1S/C5H11B/c1-3-5(2)4-6/h4-6H,3H2,1-2H3. The molecule has 0 aromatic carbocycles. The first-order valence-electron chi connectivity index (χ1n) is 2.43. The molecule has 0 heterocycles. The third-order valence-electron chi connectivity index (χ3n) is 1.05. The fourth-order valence-electron chi connectivity index (χ4n) is 0.167. The van der Waals surface area contributed by atoms with Crippen molar-refractivity contribution in [2.75, 3.05) is 0 Å². The molecule has 0 aliphatic carbocycles. The molecule has 0 aliphatic heterocycles. The molecule has 0 rings (SSSR count). The van der Waals surface area contributed by atoms with Crippen LogP contribution in [0.15, 0.2) is 0 Å². The van der Waals surface area contributed by atoms with E-state index in [0.29, 0.717) is 5.92 Å². The third-order valence-corrected chi connectivity index (χ3v) is 1.05. The summed E-state index contributed by atoms with van der Waals surface area (Å²) in [5.41, 5.74) is 0. The first-order chi connectivity index (χ1) is 2.81. The van der Waals surface area contributed by atoms with E-state index in [-0.39, 0.29) is 0 Å². The summed E-state index contributed by atoms with van der Waals surface area (Å²) in [5.74, 6) is 2.67. The van der Waals surface area contributed by atoms with Crippen LogP contribution < -0.4 is 0 Å². The number of rotatable bonds is 2. The molecule has 0 fully saturated rings. The zero-order chi connectivity index (χ0) is 4.99. The van der Waals surface area contributed by atoms with Crippen molar-refractivity contribution in [2.24, 2.45) is 5.92 Å². The zero-order valence-corrected chi connectivity index (χ0v) is 4.57. The van der Waals surface area contributed by atoms with Crippen molar-refractivity contribution < 1.29 is 0 Å². The molecule has 1 unspecified atom stereocenters. The van der Waals surface area contributed by atoms with Crippen molar-refractivity contribution in [3.63, 3.8) is 0 Å². The van der Waals surface area contributed by atoms with Crippen molar-refractivity contribution in [3.8, 4) is 0 Å². The van der Waals surface area contributed by atoms with E-state index in [1.165, 1.54) is 6.42 Å². The Bertz CT molecular complexity index is 41.2. The van der Waals surface area contributed by atoms with Crippen LogP contribution in [0.25, 0.3) is 0 Å². The summed E-state index contributed by atoms with van der Waals surface area (Å²) in [5, 5.41) is 0. The Balaban J connectivity index is 2.96.